The largest absolute Gasteiger partial charge is 0.331 e. The number of carbonyl (C=O) groups is 1. The molecule has 0 bridgehead atoms. The molecule has 88 valence electrons. The summed E-state index contributed by atoms with van der Waals surface area (Å²) in [6.45, 7) is 2.11. The second-order valence-electron chi connectivity index (χ2n) is 3.68. The normalized spacial score (nSPS) is 10.5. The van der Waals surface area contributed by atoms with Crippen LogP contribution in [0.15, 0.2) is 41.7 Å². The highest BCUT2D eigenvalue weighted by Gasteiger charge is 2.12. The second kappa shape index (κ2) is 5.19. The Hall–Kier alpha value is -1.55. The third-order valence-electron chi connectivity index (χ3n) is 2.48. The minimum Gasteiger partial charge on any atom is -0.331 e. The van der Waals surface area contributed by atoms with Crippen LogP contribution >= 0.6 is 11.8 Å². The number of hydrogen-bond acceptors (Lipinski definition) is 3. The van der Waals surface area contributed by atoms with Gasteiger partial charge in [0, 0.05) is 17.5 Å². The van der Waals surface area contributed by atoms with Crippen LogP contribution in [0, 0.1) is 0 Å². The zero-order valence-electron chi connectivity index (χ0n) is 9.88. The maximum atomic E-state index is 12.1. The number of hydrogen-bond donors (Lipinski definition) is 0. The number of benzene rings is 1. The van der Waals surface area contributed by atoms with E-state index in [1.807, 2.05) is 31.3 Å². The minimum absolute atomic E-state index is 0.0121. The Labute approximate surface area is 105 Å². The average Bonchev–Trinajstić information content (AvgIpc) is 2.76. The topological polar surface area (TPSA) is 34.9 Å². The van der Waals surface area contributed by atoms with Crippen LogP contribution < -0.4 is 0 Å². The van der Waals surface area contributed by atoms with E-state index < -0.39 is 0 Å². The maximum Gasteiger partial charge on any atom is 0.210 e. The van der Waals surface area contributed by atoms with Gasteiger partial charge in [-0.2, -0.15) is 0 Å². The lowest BCUT2D eigenvalue weighted by Gasteiger charge is -2.03. The SMILES string of the molecule is CCSc1ccc(C(=O)c2cncn2C)cc1. The first-order valence-corrected chi connectivity index (χ1v) is 6.45. The number of thioether (sulfide) groups is 1. The number of aryl methyl sites for hydroxylation is 1. The Morgan fingerprint density at radius 2 is 2.06 bits per heavy atom. The van der Waals surface area contributed by atoms with Gasteiger partial charge in [0.05, 0.1) is 12.5 Å². The Morgan fingerprint density at radius 3 is 2.59 bits per heavy atom. The predicted octanol–water partition coefficient (Wildman–Crippen LogP) is 2.76. The molecule has 2 rings (SSSR count). The molecule has 0 aliphatic carbocycles. The first-order valence-electron chi connectivity index (χ1n) is 5.46. The molecule has 0 N–H and O–H groups in total. The fourth-order valence-corrected chi connectivity index (χ4v) is 2.25. The van der Waals surface area contributed by atoms with Crippen molar-refractivity contribution < 1.29 is 4.79 Å². The molecule has 0 saturated carbocycles. The quantitative estimate of drug-likeness (QED) is 0.614. The van der Waals surface area contributed by atoms with Gasteiger partial charge in [0.2, 0.25) is 5.78 Å². The van der Waals surface area contributed by atoms with E-state index in [0.29, 0.717) is 11.3 Å². The molecule has 0 atom stereocenters. The van der Waals surface area contributed by atoms with Crippen molar-refractivity contribution in [3.63, 3.8) is 0 Å². The Balaban J connectivity index is 2.23. The Bertz CT molecular complexity index is 516. The lowest BCUT2D eigenvalue weighted by atomic mass is 10.1. The van der Waals surface area contributed by atoms with Gasteiger partial charge in [0.25, 0.3) is 0 Å². The van der Waals surface area contributed by atoms with E-state index in [9.17, 15) is 4.79 Å². The van der Waals surface area contributed by atoms with Crippen LogP contribution in [-0.2, 0) is 7.05 Å². The van der Waals surface area contributed by atoms with Crippen LogP contribution in [0.2, 0.25) is 0 Å². The van der Waals surface area contributed by atoms with Crippen LogP contribution in [0.3, 0.4) is 0 Å². The molecule has 2 aromatic rings. The average molecular weight is 246 g/mol. The fraction of sp³-hybridized carbons (Fsp3) is 0.231. The summed E-state index contributed by atoms with van der Waals surface area (Å²) in [4.78, 5) is 17.3. The number of imidazole rings is 1. The van der Waals surface area contributed by atoms with E-state index in [4.69, 9.17) is 0 Å². The molecule has 1 heterocycles. The van der Waals surface area contributed by atoms with Crippen LogP contribution in [0.4, 0.5) is 0 Å². The standard InChI is InChI=1S/C13H14N2OS/c1-3-17-11-6-4-10(5-7-11)13(16)12-8-14-9-15(12)2/h4-9H,3H2,1-2H3. The Morgan fingerprint density at radius 1 is 1.35 bits per heavy atom. The molecule has 0 spiro atoms. The van der Waals surface area contributed by atoms with E-state index in [1.165, 1.54) is 4.90 Å². The molecule has 0 saturated heterocycles. The van der Waals surface area contributed by atoms with Gasteiger partial charge in [0.1, 0.15) is 5.69 Å². The monoisotopic (exact) mass is 246 g/mol. The molecule has 0 aliphatic heterocycles. The third-order valence-corrected chi connectivity index (χ3v) is 3.37. The lowest BCUT2D eigenvalue weighted by Crippen LogP contribution is -2.06. The van der Waals surface area contributed by atoms with Crippen molar-refractivity contribution in [2.24, 2.45) is 7.05 Å². The lowest BCUT2D eigenvalue weighted by molar-refractivity contribution is 0.103. The molecular weight excluding hydrogens is 232 g/mol. The fourth-order valence-electron chi connectivity index (χ4n) is 1.59. The number of nitrogens with zero attached hydrogens (tertiary/aromatic N) is 2. The molecule has 1 aromatic heterocycles. The van der Waals surface area contributed by atoms with E-state index in [0.717, 1.165) is 5.75 Å². The zero-order chi connectivity index (χ0) is 12.3. The van der Waals surface area contributed by atoms with Crippen LogP contribution in [-0.4, -0.2) is 21.1 Å². The molecule has 17 heavy (non-hydrogen) atoms. The molecular formula is C13H14N2OS. The van der Waals surface area contributed by atoms with Gasteiger partial charge in [-0.25, -0.2) is 4.98 Å². The highest BCUT2D eigenvalue weighted by atomic mass is 32.2. The molecule has 0 unspecified atom stereocenters. The zero-order valence-corrected chi connectivity index (χ0v) is 10.7. The molecule has 3 nitrogen and oxygen atoms in total. The van der Waals surface area contributed by atoms with Crippen molar-refractivity contribution >= 4 is 17.5 Å². The summed E-state index contributed by atoms with van der Waals surface area (Å²) in [5.74, 6) is 1.05. The summed E-state index contributed by atoms with van der Waals surface area (Å²) in [5, 5.41) is 0. The molecule has 1 aromatic carbocycles. The van der Waals surface area contributed by atoms with Crippen molar-refractivity contribution in [3.05, 3.63) is 48.0 Å². The van der Waals surface area contributed by atoms with Crippen LogP contribution in [0.5, 0.6) is 0 Å². The van der Waals surface area contributed by atoms with Crippen molar-refractivity contribution in [2.45, 2.75) is 11.8 Å². The summed E-state index contributed by atoms with van der Waals surface area (Å²) in [6.07, 6.45) is 3.23. The summed E-state index contributed by atoms with van der Waals surface area (Å²) in [5.41, 5.74) is 1.31. The van der Waals surface area contributed by atoms with E-state index >= 15 is 0 Å². The smallest absolute Gasteiger partial charge is 0.210 e. The first kappa shape index (κ1) is 11.9. The van der Waals surface area contributed by atoms with Gasteiger partial charge in [0.15, 0.2) is 0 Å². The number of aromatic nitrogens is 2. The highest BCUT2D eigenvalue weighted by molar-refractivity contribution is 7.99. The number of ketones is 1. The summed E-state index contributed by atoms with van der Waals surface area (Å²) < 4.78 is 1.73. The summed E-state index contributed by atoms with van der Waals surface area (Å²) >= 11 is 1.77. The molecule has 0 radical (unpaired) electrons. The minimum atomic E-state index is 0.0121. The van der Waals surface area contributed by atoms with Gasteiger partial charge < -0.3 is 4.57 Å². The van der Waals surface area contributed by atoms with Gasteiger partial charge >= 0.3 is 0 Å². The van der Waals surface area contributed by atoms with Crippen LogP contribution in [0.1, 0.15) is 23.0 Å². The first-order chi connectivity index (χ1) is 8.22. The molecule has 0 fully saturated rings. The third kappa shape index (κ3) is 2.58. The van der Waals surface area contributed by atoms with E-state index in [1.54, 1.807) is 28.9 Å². The van der Waals surface area contributed by atoms with E-state index in [2.05, 4.69) is 11.9 Å². The maximum absolute atomic E-state index is 12.1. The number of rotatable bonds is 4. The van der Waals surface area contributed by atoms with Gasteiger partial charge in [-0.1, -0.05) is 6.92 Å². The van der Waals surface area contributed by atoms with E-state index in [-0.39, 0.29) is 5.78 Å². The van der Waals surface area contributed by atoms with Gasteiger partial charge in [-0.3, -0.25) is 4.79 Å². The van der Waals surface area contributed by atoms with Gasteiger partial charge in [-0.05, 0) is 30.0 Å². The van der Waals surface area contributed by atoms with Crippen molar-refractivity contribution in [1.29, 1.82) is 0 Å². The van der Waals surface area contributed by atoms with Crippen LogP contribution in [0.25, 0.3) is 0 Å². The second-order valence-corrected chi connectivity index (χ2v) is 5.01. The molecule has 4 heteroatoms. The molecule has 0 aliphatic rings. The van der Waals surface area contributed by atoms with Crippen molar-refractivity contribution in [1.82, 2.24) is 9.55 Å². The van der Waals surface area contributed by atoms with Crippen molar-refractivity contribution in [3.8, 4) is 0 Å². The Kier molecular flexibility index (Phi) is 3.64. The highest BCUT2D eigenvalue weighted by Crippen LogP contribution is 2.19. The summed E-state index contributed by atoms with van der Waals surface area (Å²) in [7, 11) is 1.82. The molecule has 0 amide bonds. The predicted molar refractivity (Wildman–Crippen MR) is 69.5 cm³/mol. The summed E-state index contributed by atoms with van der Waals surface area (Å²) in [6, 6.07) is 7.70. The van der Waals surface area contributed by atoms with Crippen molar-refractivity contribution in [2.75, 3.05) is 5.75 Å². The van der Waals surface area contributed by atoms with Gasteiger partial charge in [-0.15, -0.1) is 11.8 Å². The number of carbonyl (C=O) groups excluding carboxylic acids is 1.